The number of aryl methyl sites for hydroxylation is 1. The number of ether oxygens (including phenoxy) is 1. The Kier molecular flexibility index (Phi) is 5.19. The molecule has 1 N–H and O–H groups in total. The van der Waals surface area contributed by atoms with Gasteiger partial charge in [0.1, 0.15) is 5.75 Å². The molecule has 0 unspecified atom stereocenters. The third-order valence-electron chi connectivity index (χ3n) is 3.47. The fourth-order valence-electron chi connectivity index (χ4n) is 2.52. The lowest BCUT2D eigenvalue weighted by atomic mass is 10.0. The number of aromatic nitrogens is 1. The maximum atomic E-state index is 12.4. The highest BCUT2D eigenvalue weighted by atomic mass is 79.9. The highest BCUT2D eigenvalue weighted by Crippen LogP contribution is 2.25. The zero-order chi connectivity index (χ0) is 16.3. The van der Waals surface area contributed by atoms with Gasteiger partial charge in [-0.2, -0.15) is 0 Å². The fourth-order valence-corrected chi connectivity index (χ4v) is 2.92. The molecule has 0 radical (unpaired) electrons. The van der Waals surface area contributed by atoms with Crippen LogP contribution in [0.5, 0.6) is 5.75 Å². The van der Waals surface area contributed by atoms with E-state index in [1.54, 1.807) is 13.0 Å². The molecule has 0 spiro atoms. The Morgan fingerprint density at radius 2 is 1.95 bits per heavy atom. The second-order valence-electron chi connectivity index (χ2n) is 5.03. The molecule has 4 nitrogen and oxygen atoms in total. The molecule has 116 valence electrons. The largest absolute Gasteiger partial charge is 0.484 e. The van der Waals surface area contributed by atoms with Crippen LogP contribution < -0.4 is 4.74 Å². The highest BCUT2D eigenvalue weighted by Gasteiger charge is 2.21. The number of carbonyl (C=O) groups is 2. The van der Waals surface area contributed by atoms with E-state index in [1.165, 1.54) is 6.92 Å². The number of H-pyrrole nitrogens is 1. The van der Waals surface area contributed by atoms with Crippen molar-refractivity contribution in [2.75, 3.05) is 6.61 Å². The van der Waals surface area contributed by atoms with Gasteiger partial charge in [-0.25, -0.2) is 0 Å². The monoisotopic (exact) mass is 363 g/mol. The summed E-state index contributed by atoms with van der Waals surface area (Å²) < 4.78 is 6.36. The molecule has 0 fully saturated rings. The summed E-state index contributed by atoms with van der Waals surface area (Å²) in [7, 11) is 0. The molecule has 0 saturated heterocycles. The molecule has 0 saturated carbocycles. The molecular weight excluding hydrogens is 346 g/mol. The first-order valence-electron chi connectivity index (χ1n) is 7.08. The molecular formula is C17H18BrNO3. The number of nitrogens with one attached hydrogen (secondary N) is 1. The van der Waals surface area contributed by atoms with Gasteiger partial charge in [0.25, 0.3) is 0 Å². The van der Waals surface area contributed by atoms with E-state index in [9.17, 15) is 9.59 Å². The number of ketones is 2. The Balaban J connectivity index is 2.22. The topological polar surface area (TPSA) is 59.2 Å². The average Bonchev–Trinajstić information content (AvgIpc) is 2.83. The van der Waals surface area contributed by atoms with Gasteiger partial charge >= 0.3 is 0 Å². The van der Waals surface area contributed by atoms with Crippen LogP contribution in [0, 0.1) is 6.92 Å². The lowest BCUT2D eigenvalue weighted by Gasteiger charge is -2.07. The first kappa shape index (κ1) is 16.5. The van der Waals surface area contributed by atoms with Gasteiger partial charge in [0.15, 0.2) is 12.4 Å². The number of hydrogen-bond donors (Lipinski definition) is 1. The number of para-hydroxylation sites is 1. The maximum absolute atomic E-state index is 12.4. The summed E-state index contributed by atoms with van der Waals surface area (Å²) in [6.07, 6.45) is 0.620. The van der Waals surface area contributed by atoms with Gasteiger partial charge in [0.2, 0.25) is 5.78 Å². The number of aromatic amines is 1. The quantitative estimate of drug-likeness (QED) is 0.785. The smallest absolute Gasteiger partial charge is 0.216 e. The normalized spacial score (nSPS) is 10.5. The lowest BCUT2D eigenvalue weighted by Crippen LogP contribution is -2.14. The summed E-state index contributed by atoms with van der Waals surface area (Å²) in [4.78, 5) is 27.2. The first-order chi connectivity index (χ1) is 10.5. The van der Waals surface area contributed by atoms with E-state index in [4.69, 9.17) is 4.74 Å². The van der Waals surface area contributed by atoms with Crippen molar-refractivity contribution >= 4 is 27.5 Å². The van der Waals surface area contributed by atoms with Crippen LogP contribution >= 0.6 is 15.9 Å². The van der Waals surface area contributed by atoms with Gasteiger partial charge in [-0.3, -0.25) is 9.59 Å². The Morgan fingerprint density at radius 3 is 2.55 bits per heavy atom. The van der Waals surface area contributed by atoms with Crippen molar-refractivity contribution in [3.63, 3.8) is 0 Å². The van der Waals surface area contributed by atoms with E-state index in [2.05, 4.69) is 20.9 Å². The standard InChI is InChI=1S/C17H18BrNO3/c1-4-12-16(11(3)20)10(2)19-17(12)14(21)9-22-15-8-6-5-7-13(15)18/h5-8,19H,4,9H2,1-3H3. The number of rotatable bonds is 6. The van der Waals surface area contributed by atoms with E-state index >= 15 is 0 Å². The van der Waals surface area contributed by atoms with Crippen molar-refractivity contribution in [1.82, 2.24) is 4.98 Å². The second-order valence-corrected chi connectivity index (χ2v) is 5.88. The first-order valence-corrected chi connectivity index (χ1v) is 7.87. The Labute approximate surface area is 138 Å². The molecule has 22 heavy (non-hydrogen) atoms. The Morgan fingerprint density at radius 1 is 1.27 bits per heavy atom. The van der Waals surface area contributed by atoms with Crippen LogP contribution in [0.1, 0.15) is 46.0 Å². The van der Waals surface area contributed by atoms with E-state index in [0.29, 0.717) is 23.4 Å². The molecule has 0 aliphatic rings. The molecule has 2 aromatic rings. The third-order valence-corrected chi connectivity index (χ3v) is 4.13. The van der Waals surface area contributed by atoms with E-state index in [1.807, 2.05) is 25.1 Å². The fraction of sp³-hybridized carbons (Fsp3) is 0.294. The minimum Gasteiger partial charge on any atom is -0.484 e. The van der Waals surface area contributed by atoms with Crippen molar-refractivity contribution in [3.8, 4) is 5.75 Å². The number of carbonyl (C=O) groups excluding carboxylic acids is 2. The number of halogens is 1. The van der Waals surface area contributed by atoms with Gasteiger partial charge in [0, 0.05) is 11.3 Å². The van der Waals surface area contributed by atoms with E-state index in [-0.39, 0.29) is 18.2 Å². The zero-order valence-electron chi connectivity index (χ0n) is 12.8. The molecule has 0 aliphatic carbocycles. The third kappa shape index (κ3) is 3.30. The van der Waals surface area contributed by atoms with Crippen molar-refractivity contribution in [3.05, 3.63) is 51.3 Å². The minimum absolute atomic E-state index is 0.0311. The number of Topliss-reactive ketones (excluding diaryl/α,β-unsaturated/α-hetero) is 2. The molecule has 2 rings (SSSR count). The van der Waals surface area contributed by atoms with Crippen molar-refractivity contribution in [2.45, 2.75) is 27.2 Å². The molecule has 0 amide bonds. The maximum Gasteiger partial charge on any atom is 0.216 e. The molecule has 0 atom stereocenters. The van der Waals surface area contributed by atoms with Crippen molar-refractivity contribution < 1.29 is 14.3 Å². The summed E-state index contributed by atoms with van der Waals surface area (Å²) in [5.41, 5.74) is 2.59. The molecule has 5 heteroatoms. The second kappa shape index (κ2) is 6.92. The summed E-state index contributed by atoms with van der Waals surface area (Å²) in [5, 5.41) is 0. The van der Waals surface area contributed by atoms with Crippen LogP contribution in [-0.2, 0) is 6.42 Å². The zero-order valence-corrected chi connectivity index (χ0v) is 14.4. The molecule has 1 aromatic heterocycles. The van der Waals surface area contributed by atoms with Gasteiger partial charge in [0.05, 0.1) is 10.2 Å². The van der Waals surface area contributed by atoms with Crippen molar-refractivity contribution in [2.24, 2.45) is 0 Å². The van der Waals surface area contributed by atoms with Gasteiger partial charge in [-0.05, 0) is 53.9 Å². The van der Waals surface area contributed by atoms with Crippen LogP contribution in [0.4, 0.5) is 0 Å². The summed E-state index contributed by atoms with van der Waals surface area (Å²) in [6, 6.07) is 7.36. The number of hydrogen-bond acceptors (Lipinski definition) is 3. The Hall–Kier alpha value is -1.88. The minimum atomic E-state index is -0.164. The molecule has 0 bridgehead atoms. The van der Waals surface area contributed by atoms with Crippen LogP contribution in [0.25, 0.3) is 0 Å². The predicted octanol–water partition coefficient (Wildman–Crippen LogP) is 4.11. The predicted molar refractivity (Wildman–Crippen MR) is 88.9 cm³/mol. The SMILES string of the molecule is CCc1c(C(=O)COc2ccccc2Br)[nH]c(C)c1C(C)=O. The summed E-state index contributed by atoms with van der Waals surface area (Å²) >= 11 is 3.38. The molecule has 0 aliphatic heterocycles. The van der Waals surface area contributed by atoms with Crippen LogP contribution in [0.3, 0.4) is 0 Å². The summed E-state index contributed by atoms with van der Waals surface area (Å²) in [6.45, 7) is 5.18. The Bertz CT molecular complexity index is 719. The van der Waals surface area contributed by atoms with Gasteiger partial charge < -0.3 is 9.72 Å². The average molecular weight is 364 g/mol. The highest BCUT2D eigenvalue weighted by molar-refractivity contribution is 9.10. The molecule has 1 heterocycles. The van der Waals surface area contributed by atoms with E-state index < -0.39 is 0 Å². The van der Waals surface area contributed by atoms with Crippen LogP contribution in [-0.4, -0.2) is 23.2 Å². The summed E-state index contributed by atoms with van der Waals surface area (Å²) in [5.74, 6) is 0.420. The van der Waals surface area contributed by atoms with Crippen molar-refractivity contribution in [1.29, 1.82) is 0 Å². The van der Waals surface area contributed by atoms with Crippen LogP contribution in [0.2, 0.25) is 0 Å². The van der Waals surface area contributed by atoms with Gasteiger partial charge in [-0.15, -0.1) is 0 Å². The van der Waals surface area contributed by atoms with Crippen LogP contribution in [0.15, 0.2) is 28.7 Å². The van der Waals surface area contributed by atoms with E-state index in [0.717, 1.165) is 15.7 Å². The lowest BCUT2D eigenvalue weighted by molar-refractivity contribution is 0.0915. The molecule has 1 aromatic carbocycles. The van der Waals surface area contributed by atoms with Gasteiger partial charge in [-0.1, -0.05) is 19.1 Å². The number of benzene rings is 1.